The van der Waals surface area contributed by atoms with Gasteiger partial charge in [-0.2, -0.15) is 0 Å². The number of nitrogens with two attached hydrogens (primary N) is 1. The lowest BCUT2D eigenvalue weighted by Gasteiger charge is -2.36. The number of anilines is 3. The van der Waals surface area contributed by atoms with Crippen molar-refractivity contribution < 1.29 is 37.8 Å². The van der Waals surface area contributed by atoms with Crippen LogP contribution in [0.2, 0.25) is 0 Å². The summed E-state index contributed by atoms with van der Waals surface area (Å²) in [5, 5.41) is 8.18. The molecule has 0 saturated carbocycles. The maximum absolute atomic E-state index is 15.2. The van der Waals surface area contributed by atoms with Gasteiger partial charge in [-0.1, -0.05) is 24.3 Å². The minimum atomic E-state index is -1.18. The predicted molar refractivity (Wildman–Crippen MR) is 193 cm³/mol. The van der Waals surface area contributed by atoms with Crippen molar-refractivity contribution in [3.8, 4) is 0 Å². The van der Waals surface area contributed by atoms with E-state index in [-0.39, 0.29) is 23.7 Å². The molecule has 3 atom stereocenters. The Kier molecular flexibility index (Phi) is 11.5. The van der Waals surface area contributed by atoms with Crippen LogP contribution >= 0.6 is 0 Å². The van der Waals surface area contributed by atoms with Crippen LogP contribution in [0, 0.1) is 11.7 Å². The van der Waals surface area contributed by atoms with Crippen molar-refractivity contribution in [3.63, 3.8) is 0 Å². The van der Waals surface area contributed by atoms with E-state index in [4.69, 9.17) is 15.2 Å². The lowest BCUT2D eigenvalue weighted by molar-refractivity contribution is -0.144. The molecule has 276 valence electrons. The Morgan fingerprint density at radius 2 is 1.65 bits per heavy atom. The summed E-state index contributed by atoms with van der Waals surface area (Å²) >= 11 is 0. The normalized spacial score (nSPS) is 17.0. The summed E-state index contributed by atoms with van der Waals surface area (Å²) in [6.45, 7) is 7.50. The first-order valence-corrected chi connectivity index (χ1v) is 17.1. The van der Waals surface area contributed by atoms with E-state index in [2.05, 4.69) is 16.0 Å². The molecule has 0 radical (unpaired) electrons. The summed E-state index contributed by atoms with van der Waals surface area (Å²) in [5.74, 6) is -3.44. The van der Waals surface area contributed by atoms with E-state index in [0.717, 1.165) is 11.0 Å². The zero-order chi connectivity index (χ0) is 37.7. The molecule has 0 aliphatic carbocycles. The number of rotatable bonds is 9. The van der Waals surface area contributed by atoms with Crippen LogP contribution in [0.25, 0.3) is 0 Å². The standard InChI is InChI=1S/C38H45FN6O7/c1-22(44(5)37(50)52-38(2,3)4)33(46)43-31(23-16-18-51-19-17-23)36(49)45-21-25-8-6-7-9-28(25)32(45)35(48)42-30-20-24(10-15-29(30)39)34(47)41-27-13-11-26(40)12-14-27/h6-15,20,22-23,31-32H,16-19,21,40H2,1-5H3,(H,41,47)(H,42,48)(H,43,46)/t22-,31?,32-/m0/s1. The van der Waals surface area contributed by atoms with Gasteiger partial charge in [0.1, 0.15) is 29.5 Å². The maximum atomic E-state index is 15.2. The van der Waals surface area contributed by atoms with Crippen LogP contribution in [-0.4, -0.2) is 77.5 Å². The molecule has 14 heteroatoms. The van der Waals surface area contributed by atoms with E-state index in [1.807, 2.05) is 0 Å². The second-order valence-corrected chi connectivity index (χ2v) is 14.0. The molecule has 1 saturated heterocycles. The van der Waals surface area contributed by atoms with Gasteiger partial charge in [-0.15, -0.1) is 0 Å². The van der Waals surface area contributed by atoms with Crippen molar-refractivity contribution in [3.05, 3.63) is 89.2 Å². The number of nitrogen functional groups attached to an aromatic ring is 1. The van der Waals surface area contributed by atoms with Crippen molar-refractivity contribution in [1.29, 1.82) is 0 Å². The van der Waals surface area contributed by atoms with E-state index in [1.54, 1.807) is 69.3 Å². The molecule has 2 heterocycles. The third kappa shape index (κ3) is 8.86. The molecule has 5 rings (SSSR count). The van der Waals surface area contributed by atoms with Gasteiger partial charge < -0.3 is 36.1 Å². The highest BCUT2D eigenvalue weighted by molar-refractivity contribution is 6.06. The van der Waals surface area contributed by atoms with Crippen LogP contribution in [-0.2, 0) is 30.4 Å². The Balaban J connectivity index is 1.39. The molecular weight excluding hydrogens is 671 g/mol. The SMILES string of the molecule is C[C@@H](C(=O)NC(C(=O)N1Cc2ccccc2[C@H]1C(=O)Nc1cc(C(=O)Nc2ccc(N)cc2)ccc1F)C1CCOCC1)N(C)C(=O)OC(C)(C)C. The van der Waals surface area contributed by atoms with Gasteiger partial charge >= 0.3 is 6.09 Å². The van der Waals surface area contributed by atoms with E-state index < -0.39 is 59.3 Å². The lowest BCUT2D eigenvalue weighted by atomic mass is 9.90. The summed E-state index contributed by atoms with van der Waals surface area (Å²) < 4.78 is 26.1. The number of carbonyl (C=O) groups is 5. The summed E-state index contributed by atoms with van der Waals surface area (Å²) in [6, 6.07) is 13.9. The minimum Gasteiger partial charge on any atom is -0.444 e. The Hall–Kier alpha value is -5.50. The second-order valence-electron chi connectivity index (χ2n) is 14.0. The van der Waals surface area contributed by atoms with E-state index in [1.165, 1.54) is 31.0 Å². The van der Waals surface area contributed by atoms with E-state index in [9.17, 15) is 24.0 Å². The number of ether oxygens (including phenoxy) is 2. The van der Waals surface area contributed by atoms with Crippen LogP contribution < -0.4 is 21.7 Å². The van der Waals surface area contributed by atoms with Crippen molar-refractivity contribution in [2.24, 2.45) is 5.92 Å². The molecule has 1 unspecified atom stereocenters. The molecule has 2 aliphatic heterocycles. The van der Waals surface area contributed by atoms with Gasteiger partial charge in [-0.05, 0) is 100 Å². The lowest BCUT2D eigenvalue weighted by Crippen LogP contribution is -2.57. The molecule has 3 aromatic rings. The molecule has 52 heavy (non-hydrogen) atoms. The molecule has 13 nitrogen and oxygen atoms in total. The topological polar surface area (TPSA) is 172 Å². The van der Waals surface area contributed by atoms with Crippen LogP contribution in [0.3, 0.4) is 0 Å². The highest BCUT2D eigenvalue weighted by atomic mass is 19.1. The molecule has 1 fully saturated rings. The number of amides is 5. The molecule has 0 aromatic heterocycles. The van der Waals surface area contributed by atoms with Crippen molar-refractivity contribution in [2.45, 2.75) is 70.8 Å². The minimum absolute atomic E-state index is 0.0581. The van der Waals surface area contributed by atoms with E-state index in [0.29, 0.717) is 48.6 Å². The Morgan fingerprint density at radius 1 is 0.981 bits per heavy atom. The fourth-order valence-corrected chi connectivity index (χ4v) is 6.16. The molecular formula is C38H45FN6O7. The Morgan fingerprint density at radius 3 is 2.33 bits per heavy atom. The molecule has 5 amide bonds. The second kappa shape index (κ2) is 15.8. The van der Waals surface area contributed by atoms with E-state index >= 15 is 4.39 Å². The van der Waals surface area contributed by atoms with Crippen molar-refractivity contribution in [2.75, 3.05) is 36.6 Å². The zero-order valence-corrected chi connectivity index (χ0v) is 29.9. The first-order valence-electron chi connectivity index (χ1n) is 17.1. The summed E-state index contributed by atoms with van der Waals surface area (Å²) in [5.41, 5.74) is 7.03. The fraction of sp³-hybridized carbons (Fsp3) is 0.395. The molecule has 5 N–H and O–H groups in total. The zero-order valence-electron chi connectivity index (χ0n) is 29.9. The summed E-state index contributed by atoms with van der Waals surface area (Å²) in [6.07, 6.45) is 0.247. The average Bonchev–Trinajstić information content (AvgIpc) is 3.51. The van der Waals surface area contributed by atoms with Gasteiger partial charge in [0.15, 0.2) is 0 Å². The molecule has 3 aromatic carbocycles. The van der Waals surface area contributed by atoms with Crippen molar-refractivity contribution in [1.82, 2.24) is 15.1 Å². The molecule has 2 aliphatic rings. The third-order valence-electron chi connectivity index (χ3n) is 9.13. The van der Waals surface area contributed by atoms with Gasteiger partial charge in [0.25, 0.3) is 11.8 Å². The third-order valence-corrected chi connectivity index (χ3v) is 9.13. The fourth-order valence-electron chi connectivity index (χ4n) is 6.16. The number of hydrogen-bond donors (Lipinski definition) is 4. The van der Waals surface area contributed by atoms with Gasteiger partial charge in [0.05, 0.1) is 5.69 Å². The maximum Gasteiger partial charge on any atom is 0.410 e. The van der Waals surface area contributed by atoms with Gasteiger partial charge in [-0.25, -0.2) is 9.18 Å². The van der Waals surface area contributed by atoms with Gasteiger partial charge in [0.2, 0.25) is 11.8 Å². The first-order chi connectivity index (χ1) is 24.6. The molecule has 0 bridgehead atoms. The Labute approximate surface area is 302 Å². The van der Waals surface area contributed by atoms with Gasteiger partial charge in [0, 0.05) is 43.7 Å². The monoisotopic (exact) mass is 716 g/mol. The number of nitrogens with zero attached hydrogens (tertiary/aromatic N) is 2. The van der Waals surface area contributed by atoms with Crippen LogP contribution in [0.1, 0.15) is 68.1 Å². The largest absolute Gasteiger partial charge is 0.444 e. The van der Waals surface area contributed by atoms with Gasteiger partial charge in [-0.3, -0.25) is 24.1 Å². The van der Waals surface area contributed by atoms with Crippen LogP contribution in [0.15, 0.2) is 66.7 Å². The Bertz CT molecular complexity index is 1820. The van der Waals surface area contributed by atoms with Crippen LogP contribution in [0.4, 0.5) is 26.2 Å². The average molecular weight is 717 g/mol. The highest BCUT2D eigenvalue weighted by Gasteiger charge is 2.44. The smallest absolute Gasteiger partial charge is 0.410 e. The number of halogens is 1. The van der Waals surface area contributed by atoms with Crippen molar-refractivity contribution >= 4 is 46.8 Å². The highest BCUT2D eigenvalue weighted by Crippen LogP contribution is 2.37. The summed E-state index contributed by atoms with van der Waals surface area (Å²) in [4.78, 5) is 70.6. The number of nitrogens with one attached hydrogen (secondary N) is 3. The number of fused-ring (bicyclic) bond motifs is 1. The quantitative estimate of drug-likeness (QED) is 0.228. The first kappa shape index (κ1) is 37.7. The predicted octanol–water partition coefficient (Wildman–Crippen LogP) is 4.85. The number of benzene rings is 3. The summed E-state index contributed by atoms with van der Waals surface area (Å²) in [7, 11) is 1.44. The number of hydrogen-bond acceptors (Lipinski definition) is 8. The number of carbonyl (C=O) groups excluding carboxylic acids is 5. The van der Waals surface area contributed by atoms with Crippen LogP contribution in [0.5, 0.6) is 0 Å². The molecule has 0 spiro atoms. The number of likely N-dealkylation sites (N-methyl/N-ethyl adjacent to an activating group) is 1.